The van der Waals surface area contributed by atoms with Gasteiger partial charge in [-0.2, -0.15) is 5.10 Å². The molecule has 0 radical (unpaired) electrons. The van der Waals surface area contributed by atoms with Crippen molar-refractivity contribution >= 4 is 11.5 Å². The molecule has 0 spiro atoms. The van der Waals surface area contributed by atoms with Gasteiger partial charge < -0.3 is 20.1 Å². The van der Waals surface area contributed by atoms with E-state index in [9.17, 15) is 0 Å². The third-order valence-corrected chi connectivity index (χ3v) is 3.35. The fourth-order valence-electron chi connectivity index (χ4n) is 2.31. The van der Waals surface area contributed by atoms with Crippen molar-refractivity contribution in [3.05, 3.63) is 5.69 Å². The van der Waals surface area contributed by atoms with Crippen LogP contribution in [0.3, 0.4) is 0 Å². The molecule has 0 fully saturated rings. The zero-order valence-electron chi connectivity index (χ0n) is 14.1. The van der Waals surface area contributed by atoms with Gasteiger partial charge in [-0.05, 0) is 19.8 Å². The molecule has 0 aliphatic rings. The van der Waals surface area contributed by atoms with Gasteiger partial charge in [-0.3, -0.25) is 4.68 Å². The van der Waals surface area contributed by atoms with E-state index < -0.39 is 0 Å². The monoisotopic (exact) mass is 298 g/mol. The second-order valence-corrected chi connectivity index (χ2v) is 5.28. The Balaban J connectivity index is 2.90. The predicted octanol–water partition coefficient (Wildman–Crippen LogP) is 2.01. The van der Waals surface area contributed by atoms with E-state index in [4.69, 9.17) is 15.2 Å². The smallest absolute Gasteiger partial charge is 0.150 e. The van der Waals surface area contributed by atoms with E-state index in [1.807, 2.05) is 25.6 Å². The van der Waals surface area contributed by atoms with Crippen LogP contribution in [-0.2, 0) is 16.5 Å². The van der Waals surface area contributed by atoms with Crippen molar-refractivity contribution in [3.63, 3.8) is 0 Å². The molecule has 1 heterocycles. The summed E-state index contributed by atoms with van der Waals surface area (Å²) in [6, 6.07) is 0. The Morgan fingerprint density at radius 2 is 1.67 bits per heavy atom. The van der Waals surface area contributed by atoms with Gasteiger partial charge in [0, 0.05) is 33.4 Å². The van der Waals surface area contributed by atoms with Gasteiger partial charge in [-0.1, -0.05) is 13.8 Å². The molecule has 2 N–H and O–H groups in total. The van der Waals surface area contributed by atoms with Crippen LogP contribution in [0.25, 0.3) is 0 Å². The normalized spacial score (nSPS) is 11.3. The number of ether oxygens (including phenoxy) is 2. The summed E-state index contributed by atoms with van der Waals surface area (Å²) in [6.07, 6.45) is 0. The minimum atomic E-state index is 0.311. The van der Waals surface area contributed by atoms with Crippen LogP contribution in [-0.4, -0.2) is 49.3 Å². The second-order valence-electron chi connectivity index (χ2n) is 5.28. The van der Waals surface area contributed by atoms with Crippen LogP contribution in [0.4, 0.5) is 11.5 Å². The Morgan fingerprint density at radius 3 is 2.05 bits per heavy atom. The van der Waals surface area contributed by atoms with Crippen molar-refractivity contribution in [2.45, 2.75) is 33.6 Å². The largest absolute Gasteiger partial charge is 0.394 e. The summed E-state index contributed by atoms with van der Waals surface area (Å²) >= 11 is 0. The number of nitrogens with two attached hydrogens (primary N) is 1. The molecule has 0 unspecified atom stereocenters. The highest BCUT2D eigenvalue weighted by atomic mass is 16.5. The summed E-state index contributed by atoms with van der Waals surface area (Å²) in [5.41, 5.74) is 8.02. The van der Waals surface area contributed by atoms with Gasteiger partial charge in [0.2, 0.25) is 0 Å². The molecule has 0 aliphatic carbocycles. The molecule has 6 heteroatoms. The van der Waals surface area contributed by atoms with Crippen molar-refractivity contribution in [1.82, 2.24) is 9.78 Å². The second kappa shape index (κ2) is 8.89. The molecule has 0 bridgehead atoms. The Hall–Kier alpha value is -1.27. The minimum absolute atomic E-state index is 0.311. The zero-order valence-corrected chi connectivity index (χ0v) is 14.1. The van der Waals surface area contributed by atoms with Crippen molar-refractivity contribution in [1.29, 1.82) is 0 Å². The first-order chi connectivity index (χ1) is 10.0. The summed E-state index contributed by atoms with van der Waals surface area (Å²) in [4.78, 5) is 2.19. The first-order valence-electron chi connectivity index (χ1n) is 7.75. The number of aromatic nitrogens is 2. The molecule has 0 amide bonds. The van der Waals surface area contributed by atoms with Gasteiger partial charge in [0.15, 0.2) is 5.82 Å². The van der Waals surface area contributed by atoms with Gasteiger partial charge in [0.05, 0.1) is 24.6 Å². The molecule has 0 aromatic carbocycles. The molecule has 1 rings (SSSR count). The van der Waals surface area contributed by atoms with Crippen molar-refractivity contribution in [3.8, 4) is 0 Å². The fraction of sp³-hybridized carbons (Fsp3) is 0.800. The third kappa shape index (κ3) is 4.89. The molecule has 6 nitrogen and oxygen atoms in total. The van der Waals surface area contributed by atoms with Gasteiger partial charge in [-0.15, -0.1) is 0 Å². The van der Waals surface area contributed by atoms with E-state index in [0.717, 1.165) is 43.5 Å². The number of hydrogen-bond donors (Lipinski definition) is 1. The van der Waals surface area contributed by atoms with Crippen LogP contribution in [0.2, 0.25) is 0 Å². The lowest BCUT2D eigenvalue weighted by Gasteiger charge is -2.25. The van der Waals surface area contributed by atoms with Gasteiger partial charge in [0.25, 0.3) is 0 Å². The zero-order chi connectivity index (χ0) is 15.8. The molecule has 1 aromatic rings. The Labute approximate surface area is 128 Å². The Bertz CT molecular complexity index is 408. The van der Waals surface area contributed by atoms with Crippen molar-refractivity contribution in [2.75, 3.05) is 50.2 Å². The SMILES string of the molecule is CCOCCN(CCOCC)c1c(N)c(C(C)C)nn1C. The molecule has 1 aromatic heterocycles. The Morgan fingerprint density at radius 1 is 1.14 bits per heavy atom. The van der Waals surface area contributed by atoms with E-state index in [1.165, 1.54) is 0 Å². The third-order valence-electron chi connectivity index (χ3n) is 3.35. The number of aryl methyl sites for hydroxylation is 1. The minimum Gasteiger partial charge on any atom is -0.394 e. The Kier molecular flexibility index (Phi) is 7.53. The number of anilines is 2. The van der Waals surface area contributed by atoms with Gasteiger partial charge >= 0.3 is 0 Å². The maximum atomic E-state index is 6.31. The fourth-order valence-corrected chi connectivity index (χ4v) is 2.31. The summed E-state index contributed by atoms with van der Waals surface area (Å²) < 4.78 is 12.8. The standard InChI is InChI=1S/C15H30N4O2/c1-6-20-10-8-19(9-11-21-7-2)15-13(16)14(12(3)4)17-18(15)5/h12H,6-11,16H2,1-5H3. The number of nitrogen functional groups attached to an aromatic ring is 1. The van der Waals surface area contributed by atoms with E-state index in [1.54, 1.807) is 0 Å². The summed E-state index contributed by atoms with van der Waals surface area (Å²) in [5.74, 6) is 1.27. The van der Waals surface area contributed by atoms with Crippen molar-refractivity contribution in [2.24, 2.45) is 7.05 Å². The summed E-state index contributed by atoms with van der Waals surface area (Å²) in [5, 5.41) is 4.56. The first-order valence-corrected chi connectivity index (χ1v) is 7.75. The molecule has 122 valence electrons. The molecule has 0 saturated heterocycles. The maximum absolute atomic E-state index is 6.31. The average molecular weight is 298 g/mol. The number of rotatable bonds is 10. The molecule has 0 atom stereocenters. The molecular formula is C15H30N4O2. The molecule has 0 aliphatic heterocycles. The average Bonchev–Trinajstić information content (AvgIpc) is 2.73. The van der Waals surface area contributed by atoms with Crippen LogP contribution < -0.4 is 10.6 Å². The molecule has 0 saturated carbocycles. The summed E-state index contributed by atoms with van der Waals surface area (Å²) in [7, 11) is 1.94. The molecule has 21 heavy (non-hydrogen) atoms. The number of hydrogen-bond acceptors (Lipinski definition) is 5. The van der Waals surface area contributed by atoms with E-state index >= 15 is 0 Å². The highest BCUT2D eigenvalue weighted by Crippen LogP contribution is 2.30. The highest BCUT2D eigenvalue weighted by molar-refractivity contribution is 5.67. The van der Waals surface area contributed by atoms with Crippen LogP contribution in [0.1, 0.15) is 39.3 Å². The van der Waals surface area contributed by atoms with E-state index in [0.29, 0.717) is 19.1 Å². The number of nitrogens with zero attached hydrogens (tertiary/aromatic N) is 3. The molecular weight excluding hydrogens is 268 g/mol. The van der Waals surface area contributed by atoms with E-state index in [2.05, 4.69) is 23.8 Å². The van der Waals surface area contributed by atoms with E-state index in [-0.39, 0.29) is 0 Å². The maximum Gasteiger partial charge on any atom is 0.150 e. The van der Waals surface area contributed by atoms with Crippen molar-refractivity contribution < 1.29 is 9.47 Å². The lowest BCUT2D eigenvalue weighted by molar-refractivity contribution is 0.141. The van der Waals surface area contributed by atoms with Gasteiger partial charge in [-0.25, -0.2) is 0 Å². The van der Waals surface area contributed by atoms with Crippen LogP contribution >= 0.6 is 0 Å². The lowest BCUT2D eigenvalue weighted by Crippen LogP contribution is -2.33. The quantitative estimate of drug-likeness (QED) is 0.669. The first kappa shape index (κ1) is 17.8. The highest BCUT2D eigenvalue weighted by Gasteiger charge is 2.20. The van der Waals surface area contributed by atoms with Crippen LogP contribution in [0.5, 0.6) is 0 Å². The van der Waals surface area contributed by atoms with Crippen LogP contribution in [0.15, 0.2) is 0 Å². The lowest BCUT2D eigenvalue weighted by atomic mass is 10.1. The summed E-state index contributed by atoms with van der Waals surface area (Å²) in [6.45, 7) is 12.5. The van der Waals surface area contributed by atoms with Crippen LogP contribution in [0, 0.1) is 0 Å². The van der Waals surface area contributed by atoms with Gasteiger partial charge in [0.1, 0.15) is 0 Å². The predicted molar refractivity (Wildman–Crippen MR) is 86.9 cm³/mol. The topological polar surface area (TPSA) is 65.5 Å².